The van der Waals surface area contributed by atoms with Gasteiger partial charge in [-0.1, -0.05) is 6.92 Å². The summed E-state index contributed by atoms with van der Waals surface area (Å²) in [6.45, 7) is 3.03. The number of nitrogens with one attached hydrogen (secondary N) is 1. The highest BCUT2D eigenvalue weighted by Crippen LogP contribution is 2.22. The maximum absolute atomic E-state index is 12.5. The lowest BCUT2D eigenvalue weighted by Crippen LogP contribution is -2.43. The van der Waals surface area contributed by atoms with Gasteiger partial charge in [-0.2, -0.15) is 13.2 Å². The van der Waals surface area contributed by atoms with Gasteiger partial charge in [-0.15, -0.1) is 24.8 Å². The van der Waals surface area contributed by atoms with E-state index in [1.807, 2.05) is 0 Å². The Morgan fingerprint density at radius 1 is 1.38 bits per heavy atom. The van der Waals surface area contributed by atoms with Gasteiger partial charge in [-0.25, -0.2) is 0 Å². The van der Waals surface area contributed by atoms with Crippen LogP contribution in [-0.2, 0) is 4.79 Å². The van der Waals surface area contributed by atoms with Crippen molar-refractivity contribution in [2.75, 3.05) is 39.3 Å². The molecule has 2 heterocycles. The lowest BCUT2D eigenvalue weighted by atomic mass is 10.1. The van der Waals surface area contributed by atoms with E-state index < -0.39 is 18.8 Å². The van der Waals surface area contributed by atoms with Crippen LogP contribution < -0.4 is 5.32 Å². The first kappa shape index (κ1) is 23.7. The third kappa shape index (κ3) is 6.92. The van der Waals surface area contributed by atoms with E-state index in [1.165, 1.54) is 4.90 Å². The summed E-state index contributed by atoms with van der Waals surface area (Å²) >= 11 is 0. The summed E-state index contributed by atoms with van der Waals surface area (Å²) in [4.78, 5) is 15.4. The minimum absolute atomic E-state index is 0. The van der Waals surface area contributed by atoms with Crippen LogP contribution >= 0.6 is 24.8 Å². The number of hydrogen-bond donors (Lipinski definition) is 2. The van der Waals surface area contributed by atoms with Gasteiger partial charge in [0.2, 0.25) is 5.91 Å². The number of amides is 1. The smallest absolute Gasteiger partial charge is 0.392 e. The van der Waals surface area contributed by atoms with Gasteiger partial charge in [0.1, 0.15) is 0 Å². The summed E-state index contributed by atoms with van der Waals surface area (Å²) in [5, 5.41) is 12.4. The van der Waals surface area contributed by atoms with E-state index >= 15 is 0 Å². The van der Waals surface area contributed by atoms with E-state index in [9.17, 15) is 23.1 Å². The Bertz CT molecular complexity index is 402. The van der Waals surface area contributed by atoms with Crippen molar-refractivity contribution in [2.45, 2.75) is 38.1 Å². The number of carbonyl (C=O) groups is 1. The summed E-state index contributed by atoms with van der Waals surface area (Å²) in [7, 11) is 0. The van der Waals surface area contributed by atoms with E-state index in [2.05, 4.69) is 5.32 Å². The van der Waals surface area contributed by atoms with Gasteiger partial charge in [0.05, 0.1) is 18.7 Å². The number of alkyl halides is 3. The van der Waals surface area contributed by atoms with Crippen LogP contribution in [0.15, 0.2) is 0 Å². The van der Waals surface area contributed by atoms with Crippen LogP contribution in [0.2, 0.25) is 0 Å². The molecule has 0 aromatic carbocycles. The molecule has 0 aromatic rings. The second-order valence-electron chi connectivity index (χ2n) is 6.23. The van der Waals surface area contributed by atoms with Crippen LogP contribution in [0.5, 0.6) is 0 Å². The number of hydrogen-bond acceptors (Lipinski definition) is 4. The third-order valence-electron chi connectivity index (χ3n) is 4.37. The molecule has 0 spiro atoms. The van der Waals surface area contributed by atoms with Crippen molar-refractivity contribution < 1.29 is 23.1 Å². The predicted octanol–water partition coefficient (Wildman–Crippen LogP) is 1.29. The summed E-state index contributed by atoms with van der Waals surface area (Å²) in [6, 6.07) is -0.355. The van der Waals surface area contributed by atoms with E-state index in [0.29, 0.717) is 39.1 Å². The van der Waals surface area contributed by atoms with Crippen LogP contribution in [0.25, 0.3) is 0 Å². The van der Waals surface area contributed by atoms with Gasteiger partial charge in [0, 0.05) is 26.2 Å². The number of rotatable bonds is 5. The van der Waals surface area contributed by atoms with Crippen molar-refractivity contribution in [2.24, 2.45) is 5.92 Å². The molecule has 2 aliphatic rings. The second-order valence-corrected chi connectivity index (χ2v) is 6.23. The molecule has 10 heteroatoms. The summed E-state index contributed by atoms with van der Waals surface area (Å²) in [5.41, 5.74) is 0. The number of aliphatic hydroxyl groups excluding tert-OH is 1. The van der Waals surface area contributed by atoms with Crippen molar-refractivity contribution in [1.82, 2.24) is 15.1 Å². The highest BCUT2D eigenvalue weighted by molar-refractivity contribution is 5.85. The number of halogens is 5. The molecule has 0 radical (unpaired) electrons. The van der Waals surface area contributed by atoms with Crippen molar-refractivity contribution in [3.63, 3.8) is 0 Å². The van der Waals surface area contributed by atoms with Crippen molar-refractivity contribution >= 4 is 30.7 Å². The molecule has 0 saturated carbocycles. The minimum atomic E-state index is -4.19. The van der Waals surface area contributed by atoms with Gasteiger partial charge in [0.25, 0.3) is 0 Å². The quantitative estimate of drug-likeness (QED) is 0.736. The fraction of sp³-hybridized carbons (Fsp3) is 0.929. The van der Waals surface area contributed by atoms with Gasteiger partial charge < -0.3 is 15.3 Å². The molecule has 3 atom stereocenters. The molecule has 144 valence electrons. The first-order valence-corrected chi connectivity index (χ1v) is 7.78. The van der Waals surface area contributed by atoms with Crippen LogP contribution in [0, 0.1) is 5.92 Å². The van der Waals surface area contributed by atoms with Crippen molar-refractivity contribution in [3.8, 4) is 0 Å². The zero-order valence-electron chi connectivity index (χ0n) is 13.6. The Labute approximate surface area is 152 Å². The summed E-state index contributed by atoms with van der Waals surface area (Å²) in [5.74, 6) is 0.0375. The van der Waals surface area contributed by atoms with Gasteiger partial charge in [0.15, 0.2) is 0 Å². The lowest BCUT2D eigenvalue weighted by Gasteiger charge is -2.25. The summed E-state index contributed by atoms with van der Waals surface area (Å²) < 4.78 is 37.4. The zero-order chi connectivity index (χ0) is 16.3. The maximum atomic E-state index is 12.5. The van der Waals surface area contributed by atoms with Crippen LogP contribution in [-0.4, -0.2) is 78.4 Å². The van der Waals surface area contributed by atoms with Gasteiger partial charge >= 0.3 is 6.18 Å². The Hall–Kier alpha value is -0.280. The molecule has 1 amide bonds. The Kier molecular flexibility index (Phi) is 9.89. The fourth-order valence-electron chi connectivity index (χ4n) is 3.23. The number of nitrogens with zero attached hydrogens (tertiary/aromatic N) is 2. The molecule has 2 aliphatic heterocycles. The van der Waals surface area contributed by atoms with Gasteiger partial charge in [-0.05, 0) is 25.3 Å². The van der Waals surface area contributed by atoms with Crippen LogP contribution in [0.1, 0.15) is 19.8 Å². The molecule has 2 rings (SSSR count). The first-order chi connectivity index (χ1) is 10.3. The Morgan fingerprint density at radius 2 is 2.04 bits per heavy atom. The van der Waals surface area contributed by atoms with Crippen molar-refractivity contribution in [3.05, 3.63) is 0 Å². The molecule has 2 fully saturated rings. The molecular formula is C14H26Cl2F3N3O2. The lowest BCUT2D eigenvalue weighted by molar-refractivity contribution is -0.146. The van der Waals surface area contributed by atoms with E-state index in [0.717, 1.165) is 6.42 Å². The molecule has 5 nitrogen and oxygen atoms in total. The number of β-amino-alcohol motifs (C(OH)–C–C–N with tert-alkyl or cyclic N) is 1. The Balaban J connectivity index is 0.00000264. The topological polar surface area (TPSA) is 55.8 Å². The fourth-order valence-corrected chi connectivity index (χ4v) is 3.23. The van der Waals surface area contributed by atoms with Crippen molar-refractivity contribution in [1.29, 1.82) is 0 Å². The zero-order valence-corrected chi connectivity index (χ0v) is 15.2. The molecular weight excluding hydrogens is 370 g/mol. The predicted molar refractivity (Wildman–Crippen MR) is 89.8 cm³/mol. The molecule has 3 unspecified atom stereocenters. The molecule has 2 N–H and O–H groups in total. The highest BCUT2D eigenvalue weighted by Gasteiger charge is 2.36. The third-order valence-corrected chi connectivity index (χ3v) is 4.37. The van der Waals surface area contributed by atoms with E-state index in [4.69, 9.17) is 0 Å². The SMILES string of the molecule is CCN(CC1CCN(C(=O)C2CC(O)CN2)C1)CC(F)(F)F.Cl.Cl. The number of carbonyl (C=O) groups excluding carboxylic acids is 1. The van der Waals surface area contributed by atoms with E-state index in [-0.39, 0.29) is 42.7 Å². The van der Waals surface area contributed by atoms with E-state index in [1.54, 1.807) is 11.8 Å². The largest absolute Gasteiger partial charge is 0.401 e. The molecule has 0 aromatic heterocycles. The number of aliphatic hydroxyl groups is 1. The van der Waals surface area contributed by atoms with Gasteiger partial charge in [-0.3, -0.25) is 9.69 Å². The monoisotopic (exact) mass is 395 g/mol. The highest BCUT2D eigenvalue weighted by atomic mass is 35.5. The molecule has 0 aliphatic carbocycles. The average Bonchev–Trinajstić information content (AvgIpc) is 3.05. The molecule has 0 bridgehead atoms. The normalized spacial score (nSPS) is 27.1. The van der Waals surface area contributed by atoms with Crippen LogP contribution in [0.4, 0.5) is 13.2 Å². The molecule has 24 heavy (non-hydrogen) atoms. The minimum Gasteiger partial charge on any atom is -0.392 e. The standard InChI is InChI=1S/C14H24F3N3O2.2ClH/c1-2-19(9-14(15,16)17)7-10-3-4-20(8-10)13(22)12-5-11(21)6-18-12;;/h10-12,18,21H,2-9H2,1H3;2*1H. The maximum Gasteiger partial charge on any atom is 0.401 e. The first-order valence-electron chi connectivity index (χ1n) is 7.78. The molecule has 2 saturated heterocycles. The average molecular weight is 396 g/mol. The Morgan fingerprint density at radius 3 is 2.54 bits per heavy atom. The number of likely N-dealkylation sites (tertiary alicyclic amines) is 1. The second kappa shape index (κ2) is 10.0. The van der Waals surface area contributed by atoms with Crippen LogP contribution in [0.3, 0.4) is 0 Å². The summed E-state index contributed by atoms with van der Waals surface area (Å²) in [6.07, 6.45) is -3.53.